The molecule has 1 aromatic carbocycles. The van der Waals surface area contributed by atoms with Crippen LogP contribution >= 0.6 is 0 Å². The fourth-order valence-corrected chi connectivity index (χ4v) is 2.83. The molecule has 1 aliphatic carbocycles. The third kappa shape index (κ3) is 3.05. The number of hydrogen-bond acceptors (Lipinski definition) is 3. The molecule has 6 heteroatoms. The molecule has 3 N–H and O–H groups in total. The van der Waals surface area contributed by atoms with Gasteiger partial charge in [0, 0.05) is 13.0 Å². The Morgan fingerprint density at radius 1 is 1.48 bits per heavy atom. The number of aliphatic hydroxyl groups is 1. The summed E-state index contributed by atoms with van der Waals surface area (Å²) in [5.41, 5.74) is 1.37. The van der Waals surface area contributed by atoms with Gasteiger partial charge in [0.2, 0.25) is 5.91 Å². The summed E-state index contributed by atoms with van der Waals surface area (Å²) in [5, 5.41) is 12.5. The number of fused-ring (bicyclic) bond motifs is 1. The molecule has 1 heterocycles. The Morgan fingerprint density at radius 3 is 3.10 bits per heavy atom. The number of H-pyrrole nitrogens is 1. The van der Waals surface area contributed by atoms with Crippen molar-refractivity contribution in [1.82, 2.24) is 15.3 Å². The number of benzene rings is 1. The minimum absolute atomic E-state index is 0.0952. The number of rotatable bonds is 4. The Kier molecular flexibility index (Phi) is 3.88. The average Bonchev–Trinajstić information content (AvgIpc) is 3.04. The SMILES string of the molecule is O=C(NCCc1nc2ccc(F)cc2[nH]1)C1CCCC1O. The van der Waals surface area contributed by atoms with Crippen LogP contribution in [0.2, 0.25) is 0 Å². The highest BCUT2D eigenvalue weighted by Gasteiger charge is 2.31. The van der Waals surface area contributed by atoms with Gasteiger partial charge in [0.25, 0.3) is 0 Å². The molecule has 112 valence electrons. The van der Waals surface area contributed by atoms with Crippen molar-refractivity contribution >= 4 is 16.9 Å². The van der Waals surface area contributed by atoms with E-state index in [4.69, 9.17) is 0 Å². The highest BCUT2D eigenvalue weighted by molar-refractivity contribution is 5.79. The largest absolute Gasteiger partial charge is 0.392 e. The molecule has 2 unspecified atom stereocenters. The molecule has 5 nitrogen and oxygen atoms in total. The smallest absolute Gasteiger partial charge is 0.225 e. The first kappa shape index (κ1) is 14.0. The number of carbonyl (C=O) groups excluding carboxylic acids is 1. The van der Waals surface area contributed by atoms with Crippen molar-refractivity contribution in [3.05, 3.63) is 29.8 Å². The first-order valence-corrected chi connectivity index (χ1v) is 7.23. The second kappa shape index (κ2) is 5.81. The van der Waals surface area contributed by atoms with Crippen LogP contribution in [0.15, 0.2) is 18.2 Å². The minimum atomic E-state index is -0.515. The van der Waals surface area contributed by atoms with Gasteiger partial charge in [-0.1, -0.05) is 0 Å². The van der Waals surface area contributed by atoms with E-state index in [-0.39, 0.29) is 17.6 Å². The molecule has 0 bridgehead atoms. The molecule has 2 atom stereocenters. The Labute approximate surface area is 121 Å². The van der Waals surface area contributed by atoms with E-state index in [1.165, 1.54) is 12.1 Å². The summed E-state index contributed by atoms with van der Waals surface area (Å²) in [5.74, 6) is 0.0287. The van der Waals surface area contributed by atoms with Crippen LogP contribution in [-0.2, 0) is 11.2 Å². The zero-order chi connectivity index (χ0) is 14.8. The van der Waals surface area contributed by atoms with Crippen LogP contribution in [0.5, 0.6) is 0 Å². The first-order valence-electron chi connectivity index (χ1n) is 7.23. The topological polar surface area (TPSA) is 78.0 Å². The summed E-state index contributed by atoms with van der Waals surface area (Å²) < 4.78 is 13.1. The summed E-state index contributed by atoms with van der Waals surface area (Å²) in [6.07, 6.45) is 2.38. The maximum atomic E-state index is 13.1. The fourth-order valence-electron chi connectivity index (χ4n) is 2.83. The van der Waals surface area contributed by atoms with Gasteiger partial charge in [0.15, 0.2) is 0 Å². The second-order valence-corrected chi connectivity index (χ2v) is 5.49. The van der Waals surface area contributed by atoms with Gasteiger partial charge in [0.1, 0.15) is 11.6 Å². The molecule has 1 aromatic heterocycles. The van der Waals surface area contributed by atoms with Crippen LogP contribution in [0.3, 0.4) is 0 Å². The predicted molar refractivity (Wildman–Crippen MR) is 76.1 cm³/mol. The third-order valence-corrected chi connectivity index (χ3v) is 3.97. The summed E-state index contributed by atoms with van der Waals surface area (Å²) >= 11 is 0. The fraction of sp³-hybridized carbons (Fsp3) is 0.467. The molecule has 0 spiro atoms. The molecule has 3 rings (SSSR count). The van der Waals surface area contributed by atoms with Crippen molar-refractivity contribution < 1.29 is 14.3 Å². The maximum Gasteiger partial charge on any atom is 0.225 e. The zero-order valence-electron chi connectivity index (χ0n) is 11.6. The number of aromatic amines is 1. The lowest BCUT2D eigenvalue weighted by atomic mass is 10.1. The van der Waals surface area contributed by atoms with Crippen LogP contribution in [0, 0.1) is 11.7 Å². The Balaban J connectivity index is 1.55. The quantitative estimate of drug-likeness (QED) is 0.799. The Bertz CT molecular complexity index is 655. The molecule has 0 aliphatic heterocycles. The Morgan fingerprint density at radius 2 is 2.33 bits per heavy atom. The standard InChI is InChI=1S/C15H18FN3O2/c16-9-4-5-11-12(8-9)19-14(18-11)6-7-17-15(21)10-2-1-3-13(10)20/h4-5,8,10,13,20H,1-3,6-7H2,(H,17,21)(H,18,19). The molecular weight excluding hydrogens is 273 g/mol. The molecular formula is C15H18FN3O2. The van der Waals surface area contributed by atoms with Crippen molar-refractivity contribution in [2.24, 2.45) is 5.92 Å². The highest BCUT2D eigenvalue weighted by Crippen LogP contribution is 2.25. The molecule has 0 radical (unpaired) electrons. The van der Waals surface area contributed by atoms with Crippen LogP contribution in [0.1, 0.15) is 25.1 Å². The van der Waals surface area contributed by atoms with Crippen molar-refractivity contribution in [3.8, 4) is 0 Å². The molecule has 1 amide bonds. The number of halogens is 1. The van der Waals surface area contributed by atoms with Crippen molar-refractivity contribution in [2.45, 2.75) is 31.8 Å². The summed E-state index contributed by atoms with van der Waals surface area (Å²) in [6.45, 7) is 0.449. The monoisotopic (exact) mass is 291 g/mol. The van der Waals surface area contributed by atoms with Gasteiger partial charge in [-0.2, -0.15) is 0 Å². The lowest BCUT2D eigenvalue weighted by molar-refractivity contribution is -0.127. The number of aromatic nitrogens is 2. The molecule has 0 saturated heterocycles. The van der Waals surface area contributed by atoms with Crippen molar-refractivity contribution in [3.63, 3.8) is 0 Å². The summed E-state index contributed by atoms with van der Waals surface area (Å²) in [4.78, 5) is 19.3. The number of amides is 1. The van der Waals surface area contributed by atoms with Crippen LogP contribution < -0.4 is 5.32 Å². The Hall–Kier alpha value is -1.95. The van der Waals surface area contributed by atoms with Gasteiger partial charge in [0.05, 0.1) is 23.1 Å². The van der Waals surface area contributed by atoms with E-state index in [1.54, 1.807) is 6.07 Å². The number of imidazole rings is 1. The number of nitrogens with zero attached hydrogens (tertiary/aromatic N) is 1. The number of nitrogens with one attached hydrogen (secondary N) is 2. The second-order valence-electron chi connectivity index (χ2n) is 5.49. The molecule has 1 saturated carbocycles. The van der Waals surface area contributed by atoms with Gasteiger partial charge >= 0.3 is 0 Å². The van der Waals surface area contributed by atoms with E-state index in [0.29, 0.717) is 36.2 Å². The van der Waals surface area contributed by atoms with Gasteiger partial charge < -0.3 is 15.4 Å². The molecule has 1 fully saturated rings. The van der Waals surface area contributed by atoms with E-state index in [9.17, 15) is 14.3 Å². The molecule has 1 aliphatic rings. The highest BCUT2D eigenvalue weighted by atomic mass is 19.1. The molecule has 2 aromatic rings. The van der Waals surface area contributed by atoms with Crippen molar-refractivity contribution in [2.75, 3.05) is 6.54 Å². The minimum Gasteiger partial charge on any atom is -0.392 e. The van der Waals surface area contributed by atoms with E-state index < -0.39 is 6.10 Å². The third-order valence-electron chi connectivity index (χ3n) is 3.97. The average molecular weight is 291 g/mol. The molecule has 21 heavy (non-hydrogen) atoms. The van der Waals surface area contributed by atoms with Crippen molar-refractivity contribution in [1.29, 1.82) is 0 Å². The predicted octanol–water partition coefficient (Wildman–Crippen LogP) is 1.52. The summed E-state index contributed by atoms with van der Waals surface area (Å²) in [7, 11) is 0. The van der Waals surface area contributed by atoms with Gasteiger partial charge in [-0.25, -0.2) is 9.37 Å². The lowest BCUT2D eigenvalue weighted by Gasteiger charge is -2.13. The maximum absolute atomic E-state index is 13.1. The van der Waals surface area contributed by atoms with E-state index in [0.717, 1.165) is 12.8 Å². The number of carbonyl (C=O) groups is 1. The zero-order valence-corrected chi connectivity index (χ0v) is 11.6. The van der Waals surface area contributed by atoms with Crippen LogP contribution in [0.25, 0.3) is 11.0 Å². The normalized spacial score (nSPS) is 21.8. The van der Waals surface area contributed by atoms with Crippen LogP contribution in [-0.4, -0.2) is 33.6 Å². The lowest BCUT2D eigenvalue weighted by Crippen LogP contribution is -2.35. The number of hydrogen-bond donors (Lipinski definition) is 3. The summed E-state index contributed by atoms with van der Waals surface area (Å²) in [6, 6.07) is 4.40. The van der Waals surface area contributed by atoms with E-state index in [1.807, 2.05) is 0 Å². The van der Waals surface area contributed by atoms with E-state index >= 15 is 0 Å². The van der Waals surface area contributed by atoms with Crippen LogP contribution in [0.4, 0.5) is 4.39 Å². The van der Waals surface area contributed by atoms with Gasteiger partial charge in [-0.3, -0.25) is 4.79 Å². The van der Waals surface area contributed by atoms with Gasteiger partial charge in [-0.15, -0.1) is 0 Å². The van der Waals surface area contributed by atoms with E-state index in [2.05, 4.69) is 15.3 Å². The first-order chi connectivity index (χ1) is 10.1. The van der Waals surface area contributed by atoms with Gasteiger partial charge in [-0.05, 0) is 37.5 Å². The number of aliphatic hydroxyl groups excluding tert-OH is 1.